The summed E-state index contributed by atoms with van der Waals surface area (Å²) in [4.78, 5) is 7.22. The Morgan fingerprint density at radius 2 is 2.33 bits per heavy atom. The Hall–Kier alpha value is -1.23. The molecule has 0 radical (unpaired) electrons. The van der Waals surface area contributed by atoms with E-state index < -0.39 is 0 Å². The van der Waals surface area contributed by atoms with Crippen molar-refractivity contribution in [2.45, 2.75) is 6.92 Å². The van der Waals surface area contributed by atoms with Crippen molar-refractivity contribution in [1.82, 2.24) is 19.7 Å². The quantitative estimate of drug-likeness (QED) is 0.622. The topological polar surface area (TPSA) is 46.5 Å². The van der Waals surface area contributed by atoms with Crippen LogP contribution in [-0.2, 0) is 7.05 Å². The van der Waals surface area contributed by atoms with Gasteiger partial charge in [-0.2, -0.15) is 5.10 Å². The van der Waals surface area contributed by atoms with E-state index in [-0.39, 0.29) is 0 Å². The number of fused-ring (bicyclic) bond motifs is 1. The normalized spacial score (nSPS) is 10.8. The lowest BCUT2D eigenvalue weighted by molar-refractivity contribution is 0.793. The molecule has 4 nitrogen and oxygen atoms in total. The van der Waals surface area contributed by atoms with E-state index in [1.807, 2.05) is 14.0 Å². The van der Waals surface area contributed by atoms with E-state index in [4.69, 9.17) is 12.2 Å². The molecule has 0 spiro atoms. The molecule has 2 aromatic heterocycles. The van der Waals surface area contributed by atoms with Crippen molar-refractivity contribution in [3.63, 3.8) is 0 Å². The number of nitrogens with zero attached hydrogens (tertiary/aromatic N) is 3. The second kappa shape index (κ2) is 2.38. The number of H-pyrrole nitrogens is 1. The lowest BCUT2D eigenvalue weighted by Crippen LogP contribution is -1.93. The van der Waals surface area contributed by atoms with Crippen molar-refractivity contribution in [2.75, 3.05) is 0 Å². The van der Waals surface area contributed by atoms with Gasteiger partial charge in [0, 0.05) is 7.05 Å². The predicted molar refractivity (Wildman–Crippen MR) is 48.4 cm³/mol. The zero-order valence-corrected chi connectivity index (χ0v) is 7.64. The highest BCUT2D eigenvalue weighted by Gasteiger charge is 2.02. The molecule has 0 aliphatic carbocycles. The Kier molecular flexibility index (Phi) is 1.47. The molecule has 0 aliphatic heterocycles. The standard InChI is InChI=1S/C7H8N4S/c1-4-9-5-3-8-11(2)6(5)7(12)10-4/h3H,1-2H3,(H,9,10,12). The van der Waals surface area contributed by atoms with Gasteiger partial charge in [0.2, 0.25) is 0 Å². The van der Waals surface area contributed by atoms with Crippen molar-refractivity contribution in [1.29, 1.82) is 0 Å². The number of hydrogen-bond donors (Lipinski definition) is 1. The van der Waals surface area contributed by atoms with Crippen LogP contribution in [0.15, 0.2) is 6.20 Å². The number of rotatable bonds is 0. The molecule has 5 heteroatoms. The highest BCUT2D eigenvalue weighted by molar-refractivity contribution is 7.71. The van der Waals surface area contributed by atoms with E-state index in [2.05, 4.69) is 15.1 Å². The average molecular weight is 180 g/mol. The minimum absolute atomic E-state index is 0.598. The molecule has 0 amide bonds. The van der Waals surface area contributed by atoms with Crippen LogP contribution in [0, 0.1) is 11.6 Å². The maximum atomic E-state index is 5.09. The van der Waals surface area contributed by atoms with E-state index in [0.717, 1.165) is 16.9 Å². The lowest BCUT2D eigenvalue weighted by Gasteiger charge is -1.95. The highest BCUT2D eigenvalue weighted by atomic mass is 32.1. The Balaban J connectivity index is 3.03. The molecule has 0 unspecified atom stereocenters. The molecular weight excluding hydrogens is 172 g/mol. The highest BCUT2D eigenvalue weighted by Crippen LogP contribution is 2.09. The average Bonchev–Trinajstić information content (AvgIpc) is 2.31. The molecule has 0 saturated carbocycles. The molecule has 0 fully saturated rings. The summed E-state index contributed by atoms with van der Waals surface area (Å²) < 4.78 is 2.32. The fourth-order valence-corrected chi connectivity index (χ4v) is 1.59. The second-order valence-electron chi connectivity index (χ2n) is 2.66. The van der Waals surface area contributed by atoms with E-state index >= 15 is 0 Å². The third kappa shape index (κ3) is 0.937. The molecule has 2 aromatic rings. The van der Waals surface area contributed by atoms with Crippen LogP contribution in [0.5, 0.6) is 0 Å². The SMILES string of the molecule is Cc1nc(=S)c2c(cnn2C)[nH]1. The predicted octanol–water partition coefficient (Wildman–Crippen LogP) is 1.33. The molecule has 0 aliphatic rings. The van der Waals surface area contributed by atoms with Gasteiger partial charge in [0.1, 0.15) is 11.3 Å². The number of aryl methyl sites for hydroxylation is 2. The molecule has 2 rings (SSSR count). The summed E-state index contributed by atoms with van der Waals surface area (Å²) in [5.41, 5.74) is 1.82. The first-order valence-corrected chi connectivity index (χ1v) is 3.98. The van der Waals surface area contributed by atoms with Gasteiger partial charge in [0.25, 0.3) is 0 Å². The van der Waals surface area contributed by atoms with Crippen LogP contribution in [0.1, 0.15) is 5.82 Å². The number of aromatic nitrogens is 4. The van der Waals surface area contributed by atoms with Crippen LogP contribution in [-0.4, -0.2) is 19.7 Å². The Labute approximate surface area is 74.2 Å². The van der Waals surface area contributed by atoms with E-state index in [1.165, 1.54) is 0 Å². The zero-order chi connectivity index (χ0) is 8.72. The molecule has 0 bridgehead atoms. The third-order valence-corrected chi connectivity index (χ3v) is 2.01. The molecular formula is C7H8N4S. The minimum atomic E-state index is 0.598. The maximum absolute atomic E-state index is 5.09. The van der Waals surface area contributed by atoms with E-state index in [1.54, 1.807) is 10.9 Å². The van der Waals surface area contributed by atoms with Crippen molar-refractivity contribution in [3.8, 4) is 0 Å². The van der Waals surface area contributed by atoms with Gasteiger partial charge in [-0.15, -0.1) is 0 Å². The summed E-state index contributed by atoms with van der Waals surface area (Å²) >= 11 is 5.09. The fraction of sp³-hybridized carbons (Fsp3) is 0.286. The van der Waals surface area contributed by atoms with Crippen LogP contribution in [0.2, 0.25) is 0 Å². The first kappa shape index (κ1) is 7.42. The molecule has 2 heterocycles. The van der Waals surface area contributed by atoms with Crippen molar-refractivity contribution >= 4 is 23.3 Å². The van der Waals surface area contributed by atoms with Gasteiger partial charge < -0.3 is 4.98 Å². The summed E-state index contributed by atoms with van der Waals surface area (Å²) in [5.74, 6) is 0.820. The Morgan fingerprint density at radius 1 is 1.58 bits per heavy atom. The largest absolute Gasteiger partial charge is 0.341 e. The monoisotopic (exact) mass is 180 g/mol. The van der Waals surface area contributed by atoms with Crippen molar-refractivity contribution < 1.29 is 0 Å². The molecule has 0 aromatic carbocycles. The first-order chi connectivity index (χ1) is 5.68. The first-order valence-electron chi connectivity index (χ1n) is 3.57. The van der Waals surface area contributed by atoms with Gasteiger partial charge in [-0.05, 0) is 6.92 Å². The Bertz CT molecular complexity index is 482. The summed E-state index contributed by atoms with van der Waals surface area (Å²) in [7, 11) is 1.85. The summed E-state index contributed by atoms with van der Waals surface area (Å²) in [6.45, 7) is 1.88. The van der Waals surface area contributed by atoms with Gasteiger partial charge in [-0.25, -0.2) is 4.98 Å². The summed E-state index contributed by atoms with van der Waals surface area (Å²) in [6.07, 6.45) is 1.75. The summed E-state index contributed by atoms with van der Waals surface area (Å²) in [5, 5.41) is 4.08. The van der Waals surface area contributed by atoms with E-state index in [0.29, 0.717) is 4.64 Å². The van der Waals surface area contributed by atoms with Gasteiger partial charge in [-0.1, -0.05) is 12.2 Å². The van der Waals surface area contributed by atoms with Gasteiger partial charge in [-0.3, -0.25) is 4.68 Å². The summed E-state index contributed by atoms with van der Waals surface area (Å²) in [6, 6.07) is 0. The number of hydrogen-bond acceptors (Lipinski definition) is 3. The Morgan fingerprint density at radius 3 is 3.08 bits per heavy atom. The van der Waals surface area contributed by atoms with E-state index in [9.17, 15) is 0 Å². The van der Waals surface area contributed by atoms with Crippen LogP contribution in [0.3, 0.4) is 0 Å². The lowest BCUT2D eigenvalue weighted by atomic mass is 10.4. The smallest absolute Gasteiger partial charge is 0.155 e. The molecule has 0 saturated heterocycles. The maximum Gasteiger partial charge on any atom is 0.155 e. The van der Waals surface area contributed by atoms with Crippen LogP contribution < -0.4 is 0 Å². The van der Waals surface area contributed by atoms with Crippen LogP contribution >= 0.6 is 12.2 Å². The third-order valence-electron chi connectivity index (χ3n) is 1.73. The number of nitrogens with one attached hydrogen (secondary N) is 1. The number of aromatic amines is 1. The van der Waals surface area contributed by atoms with Crippen molar-refractivity contribution in [2.24, 2.45) is 7.05 Å². The van der Waals surface area contributed by atoms with Gasteiger partial charge in [0.05, 0.1) is 11.7 Å². The van der Waals surface area contributed by atoms with Crippen LogP contribution in [0.4, 0.5) is 0 Å². The fourth-order valence-electron chi connectivity index (χ4n) is 1.21. The van der Waals surface area contributed by atoms with Gasteiger partial charge >= 0.3 is 0 Å². The second-order valence-corrected chi connectivity index (χ2v) is 3.04. The minimum Gasteiger partial charge on any atom is -0.341 e. The zero-order valence-electron chi connectivity index (χ0n) is 6.83. The molecule has 12 heavy (non-hydrogen) atoms. The van der Waals surface area contributed by atoms with Crippen molar-refractivity contribution in [3.05, 3.63) is 16.7 Å². The molecule has 62 valence electrons. The van der Waals surface area contributed by atoms with Crippen LogP contribution in [0.25, 0.3) is 11.0 Å². The molecule has 1 N–H and O–H groups in total. The van der Waals surface area contributed by atoms with Gasteiger partial charge in [0.15, 0.2) is 4.64 Å². The molecule has 0 atom stereocenters.